The van der Waals surface area contributed by atoms with E-state index in [-0.39, 0.29) is 11.8 Å². The molecule has 0 aromatic heterocycles. The van der Waals surface area contributed by atoms with Crippen LogP contribution >= 0.6 is 0 Å². The van der Waals surface area contributed by atoms with Gasteiger partial charge in [-0.3, -0.25) is 9.59 Å². The van der Waals surface area contributed by atoms with Gasteiger partial charge in [-0.2, -0.15) is 0 Å². The number of amides is 2. The Balaban J connectivity index is 2.51. The van der Waals surface area contributed by atoms with Crippen molar-refractivity contribution in [2.75, 3.05) is 4.90 Å². The second-order valence-electron chi connectivity index (χ2n) is 4.77. The summed E-state index contributed by atoms with van der Waals surface area (Å²) in [6.45, 7) is 4.20. The maximum atomic E-state index is 11.9. The zero-order valence-electron chi connectivity index (χ0n) is 11.5. The molecule has 0 spiro atoms. The van der Waals surface area contributed by atoms with Gasteiger partial charge in [-0.05, 0) is 24.0 Å². The predicted octanol–water partition coefficient (Wildman–Crippen LogP) is 3.02. The number of carbonyl (C=O) groups is 2. The van der Waals surface area contributed by atoms with Crippen LogP contribution in [0.5, 0.6) is 0 Å². The van der Waals surface area contributed by atoms with Crippen molar-refractivity contribution in [3.8, 4) is 0 Å². The highest BCUT2D eigenvalue weighted by atomic mass is 16.2. The molecule has 1 aliphatic heterocycles. The molecule has 2 amide bonds. The van der Waals surface area contributed by atoms with Crippen LogP contribution in [0.3, 0.4) is 0 Å². The number of aryl methyl sites for hydroxylation is 2. The Kier molecular flexibility index (Phi) is 4.15. The number of para-hydroxylation sites is 1. The fraction of sp³-hybridized carbons (Fsp3) is 0.375. The minimum atomic E-state index is -0.231. The normalized spacial score (nSPS) is 14.5. The number of hydrogen-bond acceptors (Lipinski definition) is 2. The van der Waals surface area contributed by atoms with Crippen molar-refractivity contribution in [3.05, 3.63) is 41.5 Å². The summed E-state index contributed by atoms with van der Waals surface area (Å²) in [7, 11) is 0. The Morgan fingerprint density at radius 1 is 0.895 bits per heavy atom. The Bertz CT molecular complexity index is 489. The molecule has 0 N–H and O–H groups in total. The highest BCUT2D eigenvalue weighted by molar-refractivity contribution is 6.28. The minimum absolute atomic E-state index is 0.231. The molecule has 2 rings (SSSR count). The Morgan fingerprint density at radius 3 is 1.79 bits per heavy atom. The van der Waals surface area contributed by atoms with Gasteiger partial charge in [0.25, 0.3) is 11.8 Å². The Labute approximate surface area is 113 Å². The van der Waals surface area contributed by atoms with E-state index >= 15 is 0 Å². The Hall–Kier alpha value is -1.90. The van der Waals surface area contributed by atoms with Gasteiger partial charge < -0.3 is 0 Å². The molecule has 100 valence electrons. The van der Waals surface area contributed by atoms with E-state index in [2.05, 4.69) is 13.8 Å². The molecule has 3 nitrogen and oxygen atoms in total. The summed E-state index contributed by atoms with van der Waals surface area (Å²) >= 11 is 0. The molecular weight excluding hydrogens is 238 g/mol. The van der Waals surface area contributed by atoms with Crippen molar-refractivity contribution in [2.24, 2.45) is 0 Å². The third-order valence-corrected chi connectivity index (χ3v) is 3.27. The highest BCUT2D eigenvalue weighted by Crippen LogP contribution is 2.30. The Morgan fingerprint density at radius 2 is 1.37 bits per heavy atom. The minimum Gasteiger partial charge on any atom is -0.269 e. The van der Waals surface area contributed by atoms with Gasteiger partial charge in [0, 0.05) is 12.2 Å². The SMILES string of the molecule is CCCc1cccc(CCC)c1N1C(=O)C=CC1=O. The van der Waals surface area contributed by atoms with Crippen LogP contribution < -0.4 is 4.90 Å². The van der Waals surface area contributed by atoms with Gasteiger partial charge in [0.2, 0.25) is 0 Å². The average Bonchev–Trinajstić information content (AvgIpc) is 2.71. The van der Waals surface area contributed by atoms with Gasteiger partial charge >= 0.3 is 0 Å². The fourth-order valence-corrected chi connectivity index (χ4v) is 2.49. The van der Waals surface area contributed by atoms with Crippen LogP contribution in [0.15, 0.2) is 30.4 Å². The van der Waals surface area contributed by atoms with Crippen molar-refractivity contribution in [2.45, 2.75) is 39.5 Å². The first kappa shape index (κ1) is 13.5. The van der Waals surface area contributed by atoms with Gasteiger partial charge in [0.15, 0.2) is 0 Å². The summed E-state index contributed by atoms with van der Waals surface area (Å²) in [6, 6.07) is 6.03. The van der Waals surface area contributed by atoms with Crippen LogP contribution in [-0.2, 0) is 22.4 Å². The van der Waals surface area contributed by atoms with E-state index in [0.717, 1.165) is 42.5 Å². The van der Waals surface area contributed by atoms with E-state index in [9.17, 15) is 9.59 Å². The lowest BCUT2D eigenvalue weighted by Crippen LogP contribution is -2.31. The molecule has 0 radical (unpaired) electrons. The second-order valence-corrected chi connectivity index (χ2v) is 4.77. The topological polar surface area (TPSA) is 37.4 Å². The van der Waals surface area contributed by atoms with Crippen LogP contribution in [0, 0.1) is 0 Å². The van der Waals surface area contributed by atoms with Crippen molar-refractivity contribution < 1.29 is 9.59 Å². The summed E-state index contributed by atoms with van der Waals surface area (Å²) < 4.78 is 0. The lowest BCUT2D eigenvalue weighted by molar-refractivity contribution is -0.120. The quantitative estimate of drug-likeness (QED) is 0.760. The van der Waals surface area contributed by atoms with Gasteiger partial charge in [-0.1, -0.05) is 44.9 Å². The van der Waals surface area contributed by atoms with Gasteiger partial charge in [0.05, 0.1) is 5.69 Å². The first-order valence-electron chi connectivity index (χ1n) is 6.86. The fourth-order valence-electron chi connectivity index (χ4n) is 2.49. The largest absolute Gasteiger partial charge is 0.269 e. The van der Waals surface area contributed by atoms with Crippen LogP contribution in [0.25, 0.3) is 0 Å². The van der Waals surface area contributed by atoms with E-state index in [4.69, 9.17) is 0 Å². The summed E-state index contributed by atoms with van der Waals surface area (Å²) in [5.41, 5.74) is 2.98. The average molecular weight is 257 g/mol. The first-order valence-corrected chi connectivity index (χ1v) is 6.86. The van der Waals surface area contributed by atoms with E-state index < -0.39 is 0 Å². The van der Waals surface area contributed by atoms with E-state index in [1.54, 1.807) is 0 Å². The number of nitrogens with zero attached hydrogens (tertiary/aromatic N) is 1. The monoisotopic (exact) mass is 257 g/mol. The molecule has 0 saturated heterocycles. The van der Waals surface area contributed by atoms with Crippen LogP contribution in [-0.4, -0.2) is 11.8 Å². The van der Waals surface area contributed by atoms with Crippen molar-refractivity contribution in [3.63, 3.8) is 0 Å². The molecule has 0 saturated carbocycles. The number of carbonyl (C=O) groups excluding carboxylic acids is 2. The number of rotatable bonds is 5. The van der Waals surface area contributed by atoms with E-state index in [0.29, 0.717) is 0 Å². The molecule has 1 aliphatic rings. The van der Waals surface area contributed by atoms with Crippen LogP contribution in [0.1, 0.15) is 37.8 Å². The summed E-state index contributed by atoms with van der Waals surface area (Å²) in [6.07, 6.45) is 6.44. The van der Waals surface area contributed by atoms with Gasteiger partial charge in [-0.15, -0.1) is 0 Å². The molecule has 0 bridgehead atoms. The molecule has 0 atom stereocenters. The lowest BCUT2D eigenvalue weighted by Gasteiger charge is -2.22. The maximum Gasteiger partial charge on any atom is 0.258 e. The molecule has 3 heteroatoms. The third kappa shape index (κ3) is 2.60. The molecular formula is C16H19NO2. The molecule has 0 fully saturated rings. The smallest absolute Gasteiger partial charge is 0.258 e. The summed E-state index contributed by atoms with van der Waals surface area (Å²) in [5.74, 6) is -0.461. The number of benzene rings is 1. The highest BCUT2D eigenvalue weighted by Gasteiger charge is 2.28. The van der Waals surface area contributed by atoms with Crippen molar-refractivity contribution in [1.82, 2.24) is 0 Å². The summed E-state index contributed by atoms with van der Waals surface area (Å²) in [5, 5.41) is 0. The lowest BCUT2D eigenvalue weighted by atomic mass is 9.99. The molecule has 1 aromatic carbocycles. The predicted molar refractivity (Wildman–Crippen MR) is 76.1 cm³/mol. The second kappa shape index (κ2) is 5.83. The van der Waals surface area contributed by atoms with E-state index in [1.807, 2.05) is 18.2 Å². The third-order valence-electron chi connectivity index (χ3n) is 3.27. The van der Waals surface area contributed by atoms with Gasteiger partial charge in [0.1, 0.15) is 0 Å². The first-order chi connectivity index (χ1) is 9.19. The summed E-state index contributed by atoms with van der Waals surface area (Å²) in [4.78, 5) is 25.1. The van der Waals surface area contributed by atoms with Gasteiger partial charge in [-0.25, -0.2) is 4.90 Å². The molecule has 1 heterocycles. The standard InChI is InChI=1S/C16H19NO2/c1-3-6-12-8-5-9-13(7-4-2)16(12)17-14(18)10-11-15(17)19/h5,8-11H,3-4,6-7H2,1-2H3. The zero-order chi connectivity index (χ0) is 13.8. The van der Waals surface area contributed by atoms with Crippen molar-refractivity contribution in [1.29, 1.82) is 0 Å². The maximum absolute atomic E-state index is 11.9. The number of anilines is 1. The molecule has 0 aliphatic carbocycles. The van der Waals surface area contributed by atoms with Crippen molar-refractivity contribution >= 4 is 17.5 Å². The molecule has 0 unspecified atom stereocenters. The molecule has 1 aromatic rings. The van der Waals surface area contributed by atoms with Crippen LogP contribution in [0.2, 0.25) is 0 Å². The zero-order valence-corrected chi connectivity index (χ0v) is 11.5. The van der Waals surface area contributed by atoms with Crippen LogP contribution in [0.4, 0.5) is 5.69 Å². The van der Waals surface area contributed by atoms with E-state index in [1.165, 1.54) is 17.1 Å². The number of hydrogen-bond donors (Lipinski definition) is 0. The molecule has 19 heavy (non-hydrogen) atoms. The number of imide groups is 1.